The van der Waals surface area contributed by atoms with Crippen molar-refractivity contribution < 1.29 is 9.59 Å². The van der Waals surface area contributed by atoms with Gasteiger partial charge in [-0.15, -0.1) is 0 Å². The number of fused-ring (bicyclic) bond motifs is 1. The summed E-state index contributed by atoms with van der Waals surface area (Å²) in [5, 5.41) is 9.50. The highest BCUT2D eigenvalue weighted by Gasteiger charge is 2.32. The molecular weight excluding hydrogens is 334 g/mol. The standard InChI is InChI=1S/C17H21N7O2/c1-11-4-7-23(14(25)3-6-18)9-13(11)22(2)15-12-5-8-24(17(19)26)16(12)21-10-20-15/h5,8,10-11,13H,3-4,7,9H2,1-2H3,(H2,19,26)/t11-,13+/m1/s1. The second-order valence-electron chi connectivity index (χ2n) is 6.58. The van der Waals surface area contributed by atoms with Crippen LogP contribution >= 0.6 is 0 Å². The van der Waals surface area contributed by atoms with Gasteiger partial charge >= 0.3 is 6.03 Å². The molecule has 3 rings (SSSR count). The van der Waals surface area contributed by atoms with Gasteiger partial charge in [-0.3, -0.25) is 9.36 Å². The Bertz CT molecular complexity index is 885. The second-order valence-corrected chi connectivity index (χ2v) is 6.58. The highest BCUT2D eigenvalue weighted by atomic mass is 16.2. The highest BCUT2D eigenvalue weighted by molar-refractivity contribution is 5.94. The van der Waals surface area contributed by atoms with Crippen molar-refractivity contribution in [1.82, 2.24) is 19.4 Å². The average Bonchev–Trinajstić information content (AvgIpc) is 3.06. The molecule has 2 amide bonds. The smallest absolute Gasteiger partial charge is 0.324 e. The van der Waals surface area contributed by atoms with Crippen LogP contribution < -0.4 is 10.6 Å². The fourth-order valence-electron chi connectivity index (χ4n) is 3.51. The predicted molar refractivity (Wildman–Crippen MR) is 95.3 cm³/mol. The number of hydrogen-bond donors (Lipinski definition) is 1. The van der Waals surface area contributed by atoms with Crippen LogP contribution in [0.5, 0.6) is 0 Å². The van der Waals surface area contributed by atoms with Gasteiger partial charge < -0.3 is 15.5 Å². The van der Waals surface area contributed by atoms with E-state index in [-0.39, 0.29) is 18.4 Å². The van der Waals surface area contributed by atoms with Crippen molar-refractivity contribution in [2.45, 2.75) is 25.8 Å². The monoisotopic (exact) mass is 355 g/mol. The molecule has 0 radical (unpaired) electrons. The van der Waals surface area contributed by atoms with Crippen molar-refractivity contribution in [2.24, 2.45) is 11.7 Å². The van der Waals surface area contributed by atoms with E-state index in [1.165, 1.54) is 10.9 Å². The number of anilines is 1. The molecule has 2 aromatic heterocycles. The van der Waals surface area contributed by atoms with Crippen LogP contribution in [0.4, 0.5) is 10.6 Å². The first-order valence-corrected chi connectivity index (χ1v) is 8.43. The zero-order chi connectivity index (χ0) is 18.8. The normalized spacial score (nSPS) is 20.0. The largest absolute Gasteiger partial charge is 0.354 e. The van der Waals surface area contributed by atoms with Crippen LogP contribution in [0.3, 0.4) is 0 Å². The third-order valence-electron chi connectivity index (χ3n) is 5.03. The van der Waals surface area contributed by atoms with Crippen LogP contribution in [0, 0.1) is 17.2 Å². The number of aromatic nitrogens is 3. The van der Waals surface area contributed by atoms with Gasteiger partial charge in [-0.25, -0.2) is 14.8 Å². The van der Waals surface area contributed by atoms with Crippen LogP contribution in [0.2, 0.25) is 0 Å². The van der Waals surface area contributed by atoms with E-state index in [0.29, 0.717) is 30.5 Å². The van der Waals surface area contributed by atoms with Gasteiger partial charge in [0, 0.05) is 26.3 Å². The summed E-state index contributed by atoms with van der Waals surface area (Å²) in [6, 6.07) is 3.12. The lowest BCUT2D eigenvalue weighted by molar-refractivity contribution is -0.131. The Morgan fingerprint density at radius 2 is 2.23 bits per heavy atom. The molecule has 136 valence electrons. The summed E-state index contributed by atoms with van der Waals surface area (Å²) in [4.78, 5) is 35.9. The Hall–Kier alpha value is -3.15. The molecule has 2 aromatic rings. The molecule has 1 aliphatic heterocycles. The number of likely N-dealkylation sites (tertiary alicyclic amines) is 1. The number of primary amides is 1. The van der Waals surface area contributed by atoms with Gasteiger partial charge in [0.1, 0.15) is 18.6 Å². The molecule has 1 aliphatic rings. The summed E-state index contributed by atoms with van der Waals surface area (Å²) in [6.45, 7) is 3.32. The molecule has 2 N–H and O–H groups in total. The first-order chi connectivity index (χ1) is 12.4. The van der Waals surface area contributed by atoms with Crippen LogP contribution in [0.1, 0.15) is 19.8 Å². The lowest BCUT2D eigenvalue weighted by Crippen LogP contribution is -2.52. The Kier molecular flexibility index (Phi) is 4.75. The quantitative estimate of drug-likeness (QED) is 0.875. The van der Waals surface area contributed by atoms with Crippen molar-refractivity contribution in [3.63, 3.8) is 0 Å². The van der Waals surface area contributed by atoms with Gasteiger partial charge in [0.2, 0.25) is 5.91 Å². The number of nitrogens with zero attached hydrogens (tertiary/aromatic N) is 6. The van der Waals surface area contributed by atoms with E-state index in [0.717, 1.165) is 11.8 Å². The number of hydrogen-bond acceptors (Lipinski definition) is 6. The SMILES string of the molecule is C[C@@H]1CCN(C(=O)CC#N)C[C@@H]1N(C)c1ncnc2c1ccn2C(N)=O. The van der Waals surface area contributed by atoms with Crippen molar-refractivity contribution in [3.8, 4) is 6.07 Å². The Labute approximate surface area is 151 Å². The maximum Gasteiger partial charge on any atom is 0.324 e. The third-order valence-corrected chi connectivity index (χ3v) is 5.03. The minimum absolute atomic E-state index is 0.0430. The van der Waals surface area contributed by atoms with Crippen molar-refractivity contribution in [1.29, 1.82) is 5.26 Å². The van der Waals surface area contributed by atoms with Gasteiger partial charge in [0.05, 0.1) is 17.5 Å². The van der Waals surface area contributed by atoms with Crippen LogP contribution in [-0.4, -0.2) is 57.6 Å². The molecule has 0 spiro atoms. The van der Waals surface area contributed by atoms with Gasteiger partial charge in [-0.2, -0.15) is 5.26 Å². The molecule has 0 saturated carbocycles. The lowest BCUT2D eigenvalue weighted by atomic mass is 9.92. The molecular formula is C17H21N7O2. The molecule has 0 aromatic carbocycles. The van der Waals surface area contributed by atoms with E-state index in [1.54, 1.807) is 17.2 Å². The number of carbonyl (C=O) groups excluding carboxylic acids is 2. The van der Waals surface area contributed by atoms with E-state index in [4.69, 9.17) is 11.0 Å². The molecule has 3 heterocycles. The van der Waals surface area contributed by atoms with Gasteiger partial charge in [-0.1, -0.05) is 6.92 Å². The van der Waals surface area contributed by atoms with Crippen LogP contribution in [0.15, 0.2) is 18.6 Å². The summed E-state index contributed by atoms with van der Waals surface area (Å²) < 4.78 is 1.28. The molecule has 1 fully saturated rings. The molecule has 9 nitrogen and oxygen atoms in total. The number of piperidine rings is 1. The van der Waals surface area contributed by atoms with Crippen LogP contribution in [0.25, 0.3) is 11.0 Å². The minimum Gasteiger partial charge on any atom is -0.354 e. The molecule has 1 saturated heterocycles. The fourth-order valence-corrected chi connectivity index (χ4v) is 3.51. The van der Waals surface area contributed by atoms with Crippen molar-refractivity contribution in [3.05, 3.63) is 18.6 Å². The zero-order valence-corrected chi connectivity index (χ0v) is 14.8. The predicted octanol–water partition coefficient (Wildman–Crippen LogP) is 0.945. The molecule has 2 atom stereocenters. The third kappa shape index (κ3) is 3.06. The van der Waals surface area contributed by atoms with Crippen molar-refractivity contribution >= 4 is 28.8 Å². The first-order valence-electron chi connectivity index (χ1n) is 8.43. The summed E-state index contributed by atoms with van der Waals surface area (Å²) in [6.07, 6.45) is 3.72. The molecule has 0 aliphatic carbocycles. The van der Waals surface area contributed by atoms with Gasteiger partial charge in [0.15, 0.2) is 5.65 Å². The zero-order valence-electron chi connectivity index (χ0n) is 14.8. The summed E-state index contributed by atoms with van der Waals surface area (Å²) in [5.41, 5.74) is 5.83. The van der Waals surface area contributed by atoms with Gasteiger partial charge in [-0.05, 0) is 18.4 Å². The lowest BCUT2D eigenvalue weighted by Gasteiger charge is -2.42. The van der Waals surface area contributed by atoms with E-state index in [2.05, 4.69) is 16.9 Å². The van der Waals surface area contributed by atoms with E-state index in [1.807, 2.05) is 18.0 Å². The Morgan fingerprint density at radius 3 is 2.92 bits per heavy atom. The maximum atomic E-state index is 12.1. The Morgan fingerprint density at radius 1 is 1.46 bits per heavy atom. The van der Waals surface area contributed by atoms with Crippen molar-refractivity contribution in [2.75, 3.05) is 25.0 Å². The summed E-state index contributed by atoms with van der Waals surface area (Å²) in [5.74, 6) is 0.876. The summed E-state index contributed by atoms with van der Waals surface area (Å²) >= 11 is 0. The maximum absolute atomic E-state index is 12.1. The van der Waals surface area contributed by atoms with E-state index < -0.39 is 6.03 Å². The highest BCUT2D eigenvalue weighted by Crippen LogP contribution is 2.29. The average molecular weight is 355 g/mol. The number of nitriles is 1. The molecule has 26 heavy (non-hydrogen) atoms. The number of nitrogens with two attached hydrogens (primary N) is 1. The first kappa shape index (κ1) is 17.7. The van der Waals surface area contributed by atoms with Gasteiger partial charge in [0.25, 0.3) is 0 Å². The fraction of sp³-hybridized carbons (Fsp3) is 0.471. The minimum atomic E-state index is -0.605. The topological polar surface area (TPSA) is 121 Å². The second kappa shape index (κ2) is 7.00. The summed E-state index contributed by atoms with van der Waals surface area (Å²) in [7, 11) is 1.92. The number of amides is 2. The van der Waals surface area contributed by atoms with Crippen LogP contribution in [-0.2, 0) is 4.79 Å². The molecule has 0 bridgehead atoms. The van der Waals surface area contributed by atoms with E-state index in [9.17, 15) is 9.59 Å². The number of likely N-dealkylation sites (N-methyl/N-ethyl adjacent to an activating group) is 1. The molecule has 9 heteroatoms. The molecule has 0 unspecified atom stereocenters. The van der Waals surface area contributed by atoms with E-state index >= 15 is 0 Å². The Balaban J connectivity index is 1.91. The number of carbonyl (C=O) groups is 2. The number of rotatable bonds is 3.